The van der Waals surface area contributed by atoms with Crippen LogP contribution < -0.4 is 15.8 Å². The highest BCUT2D eigenvalue weighted by atomic mass is 35.5. The lowest BCUT2D eigenvalue weighted by molar-refractivity contribution is 0.260. The third-order valence-electron chi connectivity index (χ3n) is 8.68. The number of rotatable bonds is 9. The molecule has 6 rings (SSSR count). The summed E-state index contributed by atoms with van der Waals surface area (Å²) in [6.07, 6.45) is 3.57. The van der Waals surface area contributed by atoms with E-state index in [1.54, 1.807) is 7.11 Å². The van der Waals surface area contributed by atoms with Crippen LogP contribution in [0.1, 0.15) is 24.8 Å². The molecule has 4 unspecified atom stereocenters. The molecular weight excluding hydrogens is 575 g/mol. The third-order valence-corrected chi connectivity index (χ3v) is 8.68. The smallest absolute Gasteiger partial charge is 0.118 e. The third kappa shape index (κ3) is 7.46. The van der Waals surface area contributed by atoms with Crippen molar-refractivity contribution in [1.29, 1.82) is 0 Å². The lowest BCUT2D eigenvalue weighted by Crippen LogP contribution is -2.36. The molecular formula is C33H41Cl3N4O. The number of nitrogens with zero attached hydrogens (tertiary/aromatic N) is 2. The molecule has 41 heavy (non-hydrogen) atoms. The zero-order chi connectivity index (χ0) is 25.9. The van der Waals surface area contributed by atoms with Gasteiger partial charge in [-0.15, -0.1) is 37.2 Å². The molecule has 2 heterocycles. The predicted octanol–water partition coefficient (Wildman–Crippen LogP) is 7.46. The van der Waals surface area contributed by atoms with Crippen LogP contribution >= 0.6 is 37.2 Å². The normalized spacial score (nSPS) is 20.3. The summed E-state index contributed by atoms with van der Waals surface area (Å²) in [5.74, 6) is 3.00. The quantitative estimate of drug-likeness (QED) is 0.205. The Labute approximate surface area is 262 Å². The number of hydrogen-bond donors (Lipinski definition) is 2. The standard InChI is InChI=1S/C33H38N4O.3ClH/c1-38-26-14-11-24(12-15-26)32-19-33(28-9-5-6-10-31(28)36-32)35-18-17-30(34)27-16-13-25-21-37(22-29(25)27)20-23-7-3-2-4-8-23;;;/h2-12,14-15,19,25,27,29-30H,13,16-18,20-22,34H2,1H3,(H,35,36);3*1H. The fourth-order valence-electron chi connectivity index (χ4n) is 6.72. The summed E-state index contributed by atoms with van der Waals surface area (Å²) in [6.45, 7) is 4.32. The maximum atomic E-state index is 6.88. The molecule has 0 radical (unpaired) electrons. The second-order valence-electron chi connectivity index (χ2n) is 11.0. The topological polar surface area (TPSA) is 63.4 Å². The van der Waals surface area contributed by atoms with Gasteiger partial charge in [0.1, 0.15) is 5.75 Å². The van der Waals surface area contributed by atoms with Crippen LogP contribution in [0.15, 0.2) is 84.9 Å². The fraction of sp³-hybridized carbons (Fsp3) is 0.364. The van der Waals surface area contributed by atoms with E-state index in [-0.39, 0.29) is 43.3 Å². The van der Waals surface area contributed by atoms with Gasteiger partial charge in [-0.05, 0) is 79.0 Å². The number of ether oxygens (including phenoxy) is 1. The molecule has 2 aliphatic rings. The van der Waals surface area contributed by atoms with Crippen molar-refractivity contribution < 1.29 is 4.74 Å². The molecule has 3 N–H and O–H groups in total. The molecule has 1 aromatic heterocycles. The van der Waals surface area contributed by atoms with Crippen LogP contribution in [-0.2, 0) is 6.54 Å². The Balaban J connectivity index is 0.00000154. The molecule has 0 bridgehead atoms. The number of anilines is 1. The average molecular weight is 616 g/mol. The first-order valence-corrected chi connectivity index (χ1v) is 14.0. The zero-order valence-electron chi connectivity index (χ0n) is 23.4. The van der Waals surface area contributed by atoms with Crippen molar-refractivity contribution in [1.82, 2.24) is 9.88 Å². The number of hydrogen-bond acceptors (Lipinski definition) is 5. The van der Waals surface area contributed by atoms with Crippen molar-refractivity contribution in [2.75, 3.05) is 32.1 Å². The number of halogens is 3. The van der Waals surface area contributed by atoms with Crippen molar-refractivity contribution in [3.8, 4) is 17.0 Å². The Bertz CT molecular complexity index is 1370. The SMILES string of the molecule is COc1ccc(-c2cc(NCCC(N)C3CCC4CN(Cc5ccccc5)CC43)c3ccccc3n2)cc1.Cl.Cl.Cl. The zero-order valence-corrected chi connectivity index (χ0v) is 25.9. The van der Waals surface area contributed by atoms with Gasteiger partial charge >= 0.3 is 0 Å². The van der Waals surface area contributed by atoms with Gasteiger partial charge < -0.3 is 15.8 Å². The molecule has 4 aromatic rings. The Morgan fingerprint density at radius 1 is 0.927 bits per heavy atom. The van der Waals surface area contributed by atoms with E-state index in [9.17, 15) is 0 Å². The summed E-state index contributed by atoms with van der Waals surface area (Å²) in [5, 5.41) is 4.87. The number of fused-ring (bicyclic) bond motifs is 2. The van der Waals surface area contributed by atoms with E-state index < -0.39 is 0 Å². The van der Waals surface area contributed by atoms with E-state index >= 15 is 0 Å². The lowest BCUT2D eigenvalue weighted by atomic mass is 9.86. The number of methoxy groups -OCH3 is 1. The van der Waals surface area contributed by atoms with Gasteiger partial charge in [0.25, 0.3) is 0 Å². The van der Waals surface area contributed by atoms with Crippen LogP contribution in [0.3, 0.4) is 0 Å². The Kier molecular flexibility index (Phi) is 12.1. The highest BCUT2D eigenvalue weighted by Crippen LogP contribution is 2.44. The van der Waals surface area contributed by atoms with Gasteiger partial charge in [-0.2, -0.15) is 0 Å². The summed E-state index contributed by atoms with van der Waals surface area (Å²) < 4.78 is 5.33. The van der Waals surface area contributed by atoms with Gasteiger partial charge in [0.05, 0.1) is 18.3 Å². The summed E-state index contributed by atoms with van der Waals surface area (Å²) in [4.78, 5) is 7.58. The van der Waals surface area contributed by atoms with E-state index in [2.05, 4.69) is 76.9 Å². The van der Waals surface area contributed by atoms with E-state index in [0.717, 1.165) is 64.9 Å². The first-order valence-electron chi connectivity index (χ1n) is 14.0. The number of para-hydroxylation sites is 1. The first kappa shape index (κ1) is 33.0. The first-order chi connectivity index (χ1) is 18.7. The molecule has 1 aliphatic carbocycles. The second-order valence-corrected chi connectivity index (χ2v) is 11.0. The van der Waals surface area contributed by atoms with Crippen molar-refractivity contribution >= 4 is 53.8 Å². The number of likely N-dealkylation sites (tertiary alicyclic amines) is 1. The number of nitrogens with one attached hydrogen (secondary N) is 1. The van der Waals surface area contributed by atoms with E-state index in [4.69, 9.17) is 15.5 Å². The highest BCUT2D eigenvalue weighted by molar-refractivity contribution is 5.93. The van der Waals surface area contributed by atoms with Crippen LogP contribution in [-0.4, -0.2) is 42.7 Å². The minimum atomic E-state index is 0. The molecule has 8 heteroatoms. The molecule has 1 saturated carbocycles. The molecule has 5 nitrogen and oxygen atoms in total. The summed E-state index contributed by atoms with van der Waals surface area (Å²) in [5.41, 5.74) is 12.4. The van der Waals surface area contributed by atoms with Crippen LogP contribution in [0.25, 0.3) is 22.2 Å². The van der Waals surface area contributed by atoms with Crippen molar-refractivity contribution in [3.05, 3.63) is 90.5 Å². The maximum Gasteiger partial charge on any atom is 0.118 e. The molecule has 1 saturated heterocycles. The number of pyridine rings is 1. The molecule has 2 fully saturated rings. The summed E-state index contributed by atoms with van der Waals surface area (Å²) in [6, 6.07) is 29.7. The van der Waals surface area contributed by atoms with Crippen LogP contribution in [0.2, 0.25) is 0 Å². The monoisotopic (exact) mass is 614 g/mol. The van der Waals surface area contributed by atoms with Gasteiger partial charge in [0.2, 0.25) is 0 Å². The fourth-order valence-corrected chi connectivity index (χ4v) is 6.72. The molecule has 1 aliphatic heterocycles. The van der Waals surface area contributed by atoms with Crippen molar-refractivity contribution in [2.24, 2.45) is 23.5 Å². The van der Waals surface area contributed by atoms with E-state index in [1.165, 1.54) is 31.5 Å². The van der Waals surface area contributed by atoms with Crippen molar-refractivity contribution in [3.63, 3.8) is 0 Å². The number of benzene rings is 3. The molecule has 0 amide bonds. The van der Waals surface area contributed by atoms with Gasteiger partial charge in [-0.25, -0.2) is 4.98 Å². The Morgan fingerprint density at radius 3 is 2.41 bits per heavy atom. The minimum absolute atomic E-state index is 0. The number of aromatic nitrogens is 1. The van der Waals surface area contributed by atoms with Crippen molar-refractivity contribution in [2.45, 2.75) is 31.8 Å². The Morgan fingerprint density at radius 2 is 1.66 bits per heavy atom. The highest BCUT2D eigenvalue weighted by Gasteiger charge is 2.44. The summed E-state index contributed by atoms with van der Waals surface area (Å²) in [7, 11) is 1.69. The van der Waals surface area contributed by atoms with Crippen LogP contribution in [0.5, 0.6) is 5.75 Å². The molecule has 4 atom stereocenters. The minimum Gasteiger partial charge on any atom is -0.497 e. The van der Waals surface area contributed by atoms with Crippen LogP contribution in [0, 0.1) is 17.8 Å². The van der Waals surface area contributed by atoms with Crippen LogP contribution in [0.4, 0.5) is 5.69 Å². The molecule has 220 valence electrons. The molecule has 0 spiro atoms. The van der Waals surface area contributed by atoms with Gasteiger partial charge in [0, 0.05) is 48.9 Å². The Hall–Kier alpha value is -2.54. The van der Waals surface area contributed by atoms with Gasteiger partial charge in [-0.1, -0.05) is 48.5 Å². The lowest BCUT2D eigenvalue weighted by Gasteiger charge is -2.26. The van der Waals surface area contributed by atoms with Gasteiger partial charge in [-0.3, -0.25) is 4.90 Å². The number of nitrogens with two attached hydrogens (primary N) is 1. The average Bonchev–Trinajstić information content (AvgIpc) is 3.54. The molecule has 3 aromatic carbocycles. The largest absolute Gasteiger partial charge is 0.497 e. The second kappa shape index (κ2) is 15.1. The van der Waals surface area contributed by atoms with E-state index in [0.29, 0.717) is 5.92 Å². The summed E-state index contributed by atoms with van der Waals surface area (Å²) >= 11 is 0. The predicted molar refractivity (Wildman–Crippen MR) is 178 cm³/mol. The van der Waals surface area contributed by atoms with Gasteiger partial charge in [0.15, 0.2) is 0 Å². The maximum absolute atomic E-state index is 6.88. The van der Waals surface area contributed by atoms with E-state index in [1.807, 2.05) is 18.2 Å².